The summed E-state index contributed by atoms with van der Waals surface area (Å²) in [6.45, 7) is 3.73. The normalized spacial score (nSPS) is 11.9. The Morgan fingerprint density at radius 3 is 2.35 bits per heavy atom. The number of carbonyl (C=O) groups is 1. The van der Waals surface area contributed by atoms with Gasteiger partial charge in [0, 0.05) is 11.6 Å². The molecule has 0 saturated heterocycles. The van der Waals surface area contributed by atoms with Crippen molar-refractivity contribution in [1.29, 1.82) is 0 Å². The Hall–Kier alpha value is -2.71. The maximum Gasteiger partial charge on any atom is 0.255 e. The third-order valence-corrected chi connectivity index (χ3v) is 7.55. The van der Waals surface area contributed by atoms with Gasteiger partial charge in [0.25, 0.3) is 5.91 Å². The molecule has 0 heterocycles. The zero-order valence-electron chi connectivity index (χ0n) is 18.8. The molecule has 0 saturated carbocycles. The lowest BCUT2D eigenvalue weighted by Crippen LogP contribution is -2.39. The molecule has 178 valence electrons. The molecule has 6 nitrogen and oxygen atoms in total. The van der Waals surface area contributed by atoms with Crippen molar-refractivity contribution in [2.75, 3.05) is 6.54 Å². The summed E-state index contributed by atoms with van der Waals surface area (Å²) in [6.07, 6.45) is 1.51. The summed E-state index contributed by atoms with van der Waals surface area (Å²) in [6, 6.07) is 20.9. The third kappa shape index (κ3) is 6.90. The molecule has 1 N–H and O–H groups in total. The van der Waals surface area contributed by atoms with Gasteiger partial charge in [-0.1, -0.05) is 91.6 Å². The summed E-state index contributed by atoms with van der Waals surface area (Å²) in [4.78, 5) is 12.4. The summed E-state index contributed by atoms with van der Waals surface area (Å²) in [5.41, 5.74) is 5.12. The van der Waals surface area contributed by atoms with Gasteiger partial charge in [-0.05, 0) is 40.8 Å². The fraction of sp³-hybridized carbons (Fsp3) is 0.200. The van der Waals surface area contributed by atoms with E-state index in [1.54, 1.807) is 24.3 Å². The second kappa shape index (κ2) is 11.6. The van der Waals surface area contributed by atoms with Crippen molar-refractivity contribution >= 4 is 45.3 Å². The predicted octanol–water partition coefficient (Wildman–Crippen LogP) is 5.46. The summed E-state index contributed by atoms with van der Waals surface area (Å²) in [5, 5.41) is 4.21. The number of nitrogens with one attached hydrogen (secondary N) is 1. The van der Waals surface area contributed by atoms with Crippen LogP contribution in [0.25, 0.3) is 0 Å². The number of benzene rings is 3. The van der Waals surface area contributed by atoms with Crippen molar-refractivity contribution < 1.29 is 13.2 Å². The highest BCUT2D eigenvalue weighted by molar-refractivity contribution is 7.89. The van der Waals surface area contributed by atoms with Crippen molar-refractivity contribution in [2.45, 2.75) is 31.2 Å². The number of hydrogen-bond acceptors (Lipinski definition) is 4. The zero-order chi connectivity index (χ0) is 24.7. The summed E-state index contributed by atoms with van der Waals surface area (Å²) in [7, 11) is -4.13. The van der Waals surface area contributed by atoms with Crippen LogP contribution in [0, 0.1) is 0 Å². The largest absolute Gasteiger partial charge is 0.272 e. The number of hydrazone groups is 1. The number of carbonyl (C=O) groups excluding carboxylic acids is 1. The lowest BCUT2D eigenvalue weighted by Gasteiger charge is -2.22. The topological polar surface area (TPSA) is 78.8 Å². The molecule has 0 unspecified atom stereocenters. The lowest BCUT2D eigenvalue weighted by atomic mass is 10.0. The van der Waals surface area contributed by atoms with Crippen LogP contribution in [0.2, 0.25) is 10.0 Å². The Labute approximate surface area is 210 Å². The van der Waals surface area contributed by atoms with Crippen molar-refractivity contribution in [2.24, 2.45) is 5.10 Å². The van der Waals surface area contributed by atoms with E-state index in [9.17, 15) is 13.2 Å². The van der Waals surface area contributed by atoms with Crippen LogP contribution in [-0.2, 0) is 21.4 Å². The molecular formula is C25H25Cl2N3O3S. The van der Waals surface area contributed by atoms with Crippen molar-refractivity contribution in [3.8, 4) is 0 Å². The molecule has 3 aromatic rings. The van der Waals surface area contributed by atoms with E-state index in [-0.39, 0.29) is 21.5 Å². The van der Waals surface area contributed by atoms with Gasteiger partial charge in [0.15, 0.2) is 0 Å². The summed E-state index contributed by atoms with van der Waals surface area (Å²) in [5.74, 6) is -0.177. The minimum Gasteiger partial charge on any atom is -0.272 e. The van der Waals surface area contributed by atoms with Gasteiger partial charge in [-0.2, -0.15) is 9.41 Å². The second-order valence-electron chi connectivity index (χ2n) is 7.95. The summed E-state index contributed by atoms with van der Waals surface area (Å²) >= 11 is 12.2. The van der Waals surface area contributed by atoms with Crippen LogP contribution in [-0.4, -0.2) is 31.4 Å². The monoisotopic (exact) mass is 517 g/mol. The van der Waals surface area contributed by atoms with Gasteiger partial charge in [0.1, 0.15) is 4.90 Å². The van der Waals surface area contributed by atoms with Crippen LogP contribution >= 0.6 is 23.2 Å². The maximum atomic E-state index is 13.4. The van der Waals surface area contributed by atoms with Crippen molar-refractivity contribution in [3.05, 3.63) is 99.5 Å². The average molecular weight is 518 g/mol. The van der Waals surface area contributed by atoms with Gasteiger partial charge in [-0.25, -0.2) is 13.8 Å². The van der Waals surface area contributed by atoms with E-state index < -0.39 is 22.5 Å². The highest BCUT2D eigenvalue weighted by atomic mass is 35.5. The van der Waals surface area contributed by atoms with Crippen LogP contribution in [0.4, 0.5) is 0 Å². The minimum atomic E-state index is -4.13. The number of amides is 1. The van der Waals surface area contributed by atoms with Gasteiger partial charge >= 0.3 is 0 Å². The van der Waals surface area contributed by atoms with Crippen LogP contribution in [0.15, 0.2) is 82.8 Å². The molecule has 0 aliphatic rings. The standard InChI is InChI=1S/C25H25Cl2N3O3S/c1-18(2)21-10-8-19(9-11-21)15-28-29-25(31)17-30(16-20-6-4-3-5-7-20)34(32,33)24-14-22(26)12-13-23(24)27/h3-15,18H,16-17H2,1-2H3,(H,29,31)/b28-15-. The number of halogens is 2. The van der Waals surface area contributed by atoms with Gasteiger partial charge in [0.05, 0.1) is 17.8 Å². The van der Waals surface area contributed by atoms with Gasteiger partial charge in [-0.3, -0.25) is 4.79 Å². The lowest BCUT2D eigenvalue weighted by molar-refractivity contribution is -0.121. The Morgan fingerprint density at radius 2 is 1.71 bits per heavy atom. The molecule has 0 bridgehead atoms. The van der Waals surface area contributed by atoms with Crippen LogP contribution in [0.1, 0.15) is 36.5 Å². The SMILES string of the molecule is CC(C)c1ccc(/C=N\NC(=O)CN(Cc2ccccc2)S(=O)(=O)c2cc(Cl)ccc2Cl)cc1. The maximum absolute atomic E-state index is 13.4. The molecule has 34 heavy (non-hydrogen) atoms. The zero-order valence-corrected chi connectivity index (χ0v) is 21.1. The van der Waals surface area contributed by atoms with Gasteiger partial charge in [0.2, 0.25) is 10.0 Å². The molecule has 1 amide bonds. The fourth-order valence-electron chi connectivity index (χ4n) is 3.17. The van der Waals surface area contributed by atoms with E-state index >= 15 is 0 Å². The van der Waals surface area contributed by atoms with Crippen LogP contribution < -0.4 is 5.43 Å². The fourth-order valence-corrected chi connectivity index (χ4v) is 5.29. The molecule has 9 heteroatoms. The molecule has 0 radical (unpaired) electrons. The molecule has 3 rings (SSSR count). The first-order valence-corrected chi connectivity index (χ1v) is 12.8. The molecular weight excluding hydrogens is 493 g/mol. The summed E-state index contributed by atoms with van der Waals surface area (Å²) < 4.78 is 27.8. The molecule has 0 aromatic heterocycles. The Morgan fingerprint density at radius 1 is 1.03 bits per heavy atom. The van der Waals surface area contributed by atoms with E-state index in [0.29, 0.717) is 11.5 Å². The van der Waals surface area contributed by atoms with E-state index in [1.165, 1.54) is 30.0 Å². The van der Waals surface area contributed by atoms with E-state index in [4.69, 9.17) is 23.2 Å². The molecule has 0 atom stereocenters. The first kappa shape index (κ1) is 25.9. The Kier molecular flexibility index (Phi) is 8.85. The van der Waals surface area contributed by atoms with Crippen LogP contribution in [0.3, 0.4) is 0 Å². The minimum absolute atomic E-state index is 0.0192. The van der Waals surface area contributed by atoms with E-state index in [2.05, 4.69) is 24.4 Å². The molecule has 3 aromatic carbocycles. The molecule has 0 aliphatic heterocycles. The van der Waals surface area contributed by atoms with Crippen molar-refractivity contribution in [3.63, 3.8) is 0 Å². The average Bonchev–Trinajstić information content (AvgIpc) is 2.81. The highest BCUT2D eigenvalue weighted by Crippen LogP contribution is 2.28. The number of sulfonamides is 1. The van der Waals surface area contributed by atoms with E-state index in [0.717, 1.165) is 9.87 Å². The molecule has 0 aliphatic carbocycles. The van der Waals surface area contributed by atoms with E-state index in [1.807, 2.05) is 30.3 Å². The first-order valence-electron chi connectivity index (χ1n) is 10.6. The number of nitrogens with zero attached hydrogens (tertiary/aromatic N) is 2. The smallest absolute Gasteiger partial charge is 0.255 e. The number of rotatable bonds is 9. The molecule has 0 fully saturated rings. The molecule has 0 spiro atoms. The predicted molar refractivity (Wildman–Crippen MR) is 137 cm³/mol. The Bertz CT molecular complexity index is 1260. The Balaban J connectivity index is 1.78. The highest BCUT2D eigenvalue weighted by Gasteiger charge is 2.29. The second-order valence-corrected chi connectivity index (χ2v) is 10.7. The third-order valence-electron chi connectivity index (χ3n) is 5.04. The van der Waals surface area contributed by atoms with Crippen LogP contribution in [0.5, 0.6) is 0 Å². The first-order chi connectivity index (χ1) is 16.2. The van der Waals surface area contributed by atoms with Gasteiger partial charge < -0.3 is 0 Å². The quantitative estimate of drug-likeness (QED) is 0.302. The van der Waals surface area contributed by atoms with Crippen molar-refractivity contribution in [1.82, 2.24) is 9.73 Å². The van der Waals surface area contributed by atoms with Gasteiger partial charge in [-0.15, -0.1) is 0 Å². The number of hydrogen-bond donors (Lipinski definition) is 1.